The lowest BCUT2D eigenvalue weighted by Crippen LogP contribution is -2.70. The van der Waals surface area contributed by atoms with Crippen molar-refractivity contribution in [1.82, 2.24) is 14.9 Å². The molecule has 6 rings (SSSR count). The van der Waals surface area contributed by atoms with E-state index in [1.165, 1.54) is 28.5 Å². The number of hydrogen-bond donors (Lipinski definition) is 1. The van der Waals surface area contributed by atoms with Crippen molar-refractivity contribution in [1.29, 1.82) is 0 Å². The number of amides is 1. The number of carboxylic acid groups (broad SMARTS) is 1. The molecule has 3 aliphatic heterocycles. The fourth-order valence-corrected chi connectivity index (χ4v) is 4.91. The van der Waals surface area contributed by atoms with Gasteiger partial charge >= 0.3 is 12.5 Å². The Kier molecular flexibility index (Phi) is 4.55. The highest BCUT2D eigenvalue weighted by atomic mass is 32.1. The summed E-state index contributed by atoms with van der Waals surface area (Å²) < 4.78 is 49.5. The normalized spacial score (nSPS) is 20.4. The second-order valence-electron chi connectivity index (χ2n) is 7.55. The van der Waals surface area contributed by atoms with Crippen LogP contribution in [0.2, 0.25) is 0 Å². The van der Waals surface area contributed by atoms with Gasteiger partial charge in [0, 0.05) is 24.7 Å². The quantitative estimate of drug-likeness (QED) is 0.573. The number of halogens is 3. The van der Waals surface area contributed by atoms with E-state index >= 15 is 0 Å². The maximum Gasteiger partial charge on any atom is 0.573 e. The van der Waals surface area contributed by atoms with E-state index in [0.717, 1.165) is 6.92 Å². The average molecular weight is 468 g/mol. The molecule has 168 valence electrons. The zero-order chi connectivity index (χ0) is 22.8. The van der Waals surface area contributed by atoms with Crippen molar-refractivity contribution in [3.8, 4) is 16.3 Å². The first-order valence-corrected chi connectivity index (χ1v) is 10.4. The van der Waals surface area contributed by atoms with Crippen molar-refractivity contribution < 1.29 is 37.0 Å². The number of ketones is 1. The van der Waals surface area contributed by atoms with Crippen molar-refractivity contribution in [2.75, 3.05) is 18.0 Å². The number of hydrogen-bond acceptors (Lipinski definition) is 8. The Morgan fingerprint density at radius 2 is 2.03 bits per heavy atom. The van der Waals surface area contributed by atoms with Gasteiger partial charge in [0.2, 0.25) is 0 Å². The molecule has 9 nitrogen and oxygen atoms in total. The van der Waals surface area contributed by atoms with Gasteiger partial charge in [0.25, 0.3) is 6.01 Å². The molecule has 2 bridgehead atoms. The molecule has 1 N–H and O–H groups in total. The summed E-state index contributed by atoms with van der Waals surface area (Å²) in [5.41, 5.74) is -0.209. The lowest BCUT2D eigenvalue weighted by atomic mass is 9.88. The average Bonchev–Trinajstić information content (AvgIpc) is 3.36. The van der Waals surface area contributed by atoms with E-state index in [1.807, 2.05) is 0 Å². The van der Waals surface area contributed by atoms with Crippen LogP contribution in [0.15, 0.2) is 22.1 Å². The number of fused-ring (bicyclic) bond motifs is 3. The SMILES string of the molecule is CC(=O)c1cc(-c2nccs2)c2oc(N3CC4CC(C3)N4C(=O)O)nc2c1OC(F)(F)F. The monoisotopic (exact) mass is 468 g/mol. The van der Waals surface area contributed by atoms with E-state index in [2.05, 4.69) is 14.7 Å². The molecule has 3 fully saturated rings. The van der Waals surface area contributed by atoms with Crippen LogP contribution >= 0.6 is 11.3 Å². The van der Waals surface area contributed by atoms with Crippen LogP contribution in [0.4, 0.5) is 24.0 Å². The molecule has 32 heavy (non-hydrogen) atoms. The third kappa shape index (κ3) is 3.32. The maximum absolute atomic E-state index is 13.2. The van der Waals surface area contributed by atoms with Crippen LogP contribution in [0.1, 0.15) is 23.7 Å². The Bertz CT molecular complexity index is 1210. The predicted molar refractivity (Wildman–Crippen MR) is 106 cm³/mol. The van der Waals surface area contributed by atoms with E-state index in [-0.39, 0.29) is 47.9 Å². The van der Waals surface area contributed by atoms with Crippen LogP contribution in [-0.2, 0) is 0 Å². The Morgan fingerprint density at radius 1 is 1.31 bits per heavy atom. The summed E-state index contributed by atoms with van der Waals surface area (Å²) in [6, 6.07) is 0.793. The van der Waals surface area contributed by atoms with Crippen molar-refractivity contribution >= 4 is 40.3 Å². The van der Waals surface area contributed by atoms with Gasteiger partial charge in [-0.05, 0) is 19.4 Å². The number of alkyl halides is 3. The number of oxazole rings is 1. The van der Waals surface area contributed by atoms with Gasteiger partial charge in [0.05, 0.1) is 23.2 Å². The second kappa shape index (κ2) is 7.08. The lowest BCUT2D eigenvalue weighted by molar-refractivity contribution is -0.274. The van der Waals surface area contributed by atoms with Crippen LogP contribution in [0, 0.1) is 0 Å². The molecular weight excluding hydrogens is 453 g/mol. The van der Waals surface area contributed by atoms with Gasteiger partial charge in [-0.1, -0.05) is 0 Å². The number of ether oxygens (including phenoxy) is 1. The van der Waals surface area contributed by atoms with E-state index in [0.29, 0.717) is 17.0 Å². The molecule has 5 heterocycles. The second-order valence-corrected chi connectivity index (χ2v) is 8.45. The molecule has 2 aromatic heterocycles. The minimum atomic E-state index is -5.05. The number of carbonyl (C=O) groups is 2. The first-order valence-electron chi connectivity index (χ1n) is 9.52. The Hall–Kier alpha value is -3.35. The number of anilines is 1. The molecule has 0 aliphatic carbocycles. The maximum atomic E-state index is 13.2. The van der Waals surface area contributed by atoms with Gasteiger partial charge in [-0.25, -0.2) is 9.78 Å². The van der Waals surface area contributed by atoms with Gasteiger partial charge in [-0.15, -0.1) is 24.5 Å². The summed E-state index contributed by atoms with van der Waals surface area (Å²) in [5, 5.41) is 11.4. The third-order valence-corrected chi connectivity index (χ3v) is 6.36. The number of nitrogens with zero attached hydrogens (tertiary/aromatic N) is 4. The summed E-state index contributed by atoms with van der Waals surface area (Å²) in [6.07, 6.45) is -3.84. The smallest absolute Gasteiger partial charge is 0.465 e. The molecular formula is C19H15F3N4O5S. The molecule has 3 aliphatic rings. The van der Waals surface area contributed by atoms with Crippen molar-refractivity contribution in [2.45, 2.75) is 31.8 Å². The molecule has 0 saturated carbocycles. The van der Waals surface area contributed by atoms with E-state index in [1.54, 1.807) is 10.3 Å². The van der Waals surface area contributed by atoms with Gasteiger partial charge in [0.1, 0.15) is 5.01 Å². The molecule has 3 saturated heterocycles. The zero-order valence-electron chi connectivity index (χ0n) is 16.4. The van der Waals surface area contributed by atoms with Crippen molar-refractivity contribution in [2.24, 2.45) is 0 Å². The van der Waals surface area contributed by atoms with Crippen LogP contribution in [0.3, 0.4) is 0 Å². The molecule has 2 unspecified atom stereocenters. The van der Waals surface area contributed by atoms with E-state index < -0.39 is 24.0 Å². The summed E-state index contributed by atoms with van der Waals surface area (Å²) >= 11 is 1.23. The topological polar surface area (TPSA) is 109 Å². The van der Waals surface area contributed by atoms with Gasteiger partial charge < -0.3 is 19.2 Å². The molecule has 1 aromatic carbocycles. The highest BCUT2D eigenvalue weighted by molar-refractivity contribution is 7.13. The summed E-state index contributed by atoms with van der Waals surface area (Å²) in [6.45, 7) is 1.71. The number of piperazine rings is 1. The number of aromatic nitrogens is 2. The van der Waals surface area contributed by atoms with Crippen LogP contribution in [0.25, 0.3) is 21.7 Å². The van der Waals surface area contributed by atoms with Crippen molar-refractivity contribution in [3.05, 3.63) is 23.2 Å². The molecule has 1 amide bonds. The molecule has 13 heteroatoms. The van der Waals surface area contributed by atoms with E-state index in [9.17, 15) is 27.9 Å². The minimum Gasteiger partial charge on any atom is -0.465 e. The molecule has 0 radical (unpaired) electrons. The molecule has 2 atom stereocenters. The van der Waals surface area contributed by atoms with Gasteiger partial charge in [-0.3, -0.25) is 9.69 Å². The number of benzene rings is 1. The zero-order valence-corrected chi connectivity index (χ0v) is 17.2. The molecule has 0 spiro atoms. The summed E-state index contributed by atoms with van der Waals surface area (Å²) in [4.78, 5) is 35.0. The summed E-state index contributed by atoms with van der Waals surface area (Å²) in [7, 11) is 0. The van der Waals surface area contributed by atoms with Crippen LogP contribution in [-0.4, -0.2) is 63.4 Å². The molecule has 3 aromatic rings. The van der Waals surface area contributed by atoms with Crippen molar-refractivity contribution in [3.63, 3.8) is 0 Å². The van der Waals surface area contributed by atoms with E-state index in [4.69, 9.17) is 4.42 Å². The highest BCUT2D eigenvalue weighted by Crippen LogP contribution is 2.43. The Morgan fingerprint density at radius 3 is 2.59 bits per heavy atom. The van der Waals surface area contributed by atoms with Gasteiger partial charge in [-0.2, -0.15) is 4.98 Å². The largest absolute Gasteiger partial charge is 0.573 e. The summed E-state index contributed by atoms with van der Waals surface area (Å²) in [5.74, 6) is -1.37. The first kappa shape index (κ1) is 20.5. The number of Topliss-reactive ketones (excluding diaryl/α,β-unsaturated/α-hetero) is 1. The fraction of sp³-hybridized carbons (Fsp3) is 0.368. The number of thiazole rings is 1. The fourth-order valence-electron chi connectivity index (χ4n) is 4.26. The minimum absolute atomic E-state index is 0.00791. The first-order chi connectivity index (χ1) is 15.1. The number of piperidine rings is 1. The van der Waals surface area contributed by atoms with Gasteiger partial charge in [0.15, 0.2) is 22.6 Å². The number of carbonyl (C=O) groups excluding carboxylic acids is 1. The van der Waals surface area contributed by atoms with Crippen LogP contribution < -0.4 is 9.64 Å². The van der Waals surface area contributed by atoms with Crippen LogP contribution in [0.5, 0.6) is 5.75 Å². The Labute approximate surface area is 182 Å². The lowest BCUT2D eigenvalue weighted by Gasteiger charge is -2.54. The highest BCUT2D eigenvalue weighted by Gasteiger charge is 2.48. The predicted octanol–water partition coefficient (Wildman–Crippen LogP) is 3.99. The standard InChI is InChI=1S/C19H15F3N4O5S/c1-8(27)11-5-12(16-23-2-3-32-16)14-13(15(11)31-19(20,21)22)24-17(30-14)25-6-9-4-10(7-25)26(9)18(28)29/h2-3,5,9-10H,4,6-7H2,1H3,(H,28,29). The Balaban J connectivity index is 1.64. The third-order valence-electron chi connectivity index (χ3n) is 5.55. The number of rotatable bonds is 4.